The SMILES string of the molecule is Cc1cc([C@H](C)NCc2ccco2)c(C)s1. The Kier molecular flexibility index (Phi) is 3.46. The van der Waals surface area contributed by atoms with E-state index in [1.54, 1.807) is 6.26 Å². The zero-order valence-electron chi connectivity index (χ0n) is 9.91. The standard InChI is InChI=1S/C13H17NOS/c1-9-7-13(11(3)16-9)10(2)14-8-12-5-4-6-15-12/h4-7,10,14H,8H2,1-3H3/t10-/m0/s1. The first kappa shape index (κ1) is 11.4. The van der Waals surface area contributed by atoms with E-state index in [0.29, 0.717) is 6.04 Å². The summed E-state index contributed by atoms with van der Waals surface area (Å²) in [6.07, 6.45) is 1.71. The summed E-state index contributed by atoms with van der Waals surface area (Å²) in [4.78, 5) is 2.77. The van der Waals surface area contributed by atoms with Crippen molar-refractivity contribution < 1.29 is 4.42 Å². The van der Waals surface area contributed by atoms with Crippen LogP contribution in [0.1, 0.15) is 34.0 Å². The molecule has 2 nitrogen and oxygen atoms in total. The van der Waals surface area contributed by atoms with Gasteiger partial charge in [0.1, 0.15) is 5.76 Å². The van der Waals surface area contributed by atoms with E-state index in [0.717, 1.165) is 12.3 Å². The Balaban J connectivity index is 1.98. The predicted molar refractivity (Wildman–Crippen MR) is 67.8 cm³/mol. The van der Waals surface area contributed by atoms with Gasteiger partial charge >= 0.3 is 0 Å². The van der Waals surface area contributed by atoms with Gasteiger partial charge < -0.3 is 9.73 Å². The summed E-state index contributed by atoms with van der Waals surface area (Å²) in [5.74, 6) is 0.983. The van der Waals surface area contributed by atoms with Gasteiger partial charge in [0.15, 0.2) is 0 Å². The minimum Gasteiger partial charge on any atom is -0.468 e. The van der Waals surface area contributed by atoms with E-state index in [2.05, 4.69) is 32.2 Å². The molecule has 0 amide bonds. The normalized spacial score (nSPS) is 12.9. The summed E-state index contributed by atoms with van der Waals surface area (Å²) in [6, 6.07) is 6.54. The lowest BCUT2D eigenvalue weighted by Gasteiger charge is -2.12. The summed E-state index contributed by atoms with van der Waals surface area (Å²) in [6.45, 7) is 7.30. The van der Waals surface area contributed by atoms with E-state index in [9.17, 15) is 0 Å². The summed E-state index contributed by atoms with van der Waals surface area (Å²) >= 11 is 1.86. The second-order valence-electron chi connectivity index (χ2n) is 4.05. The maximum Gasteiger partial charge on any atom is 0.117 e. The fraction of sp³-hybridized carbons (Fsp3) is 0.385. The molecule has 0 spiro atoms. The van der Waals surface area contributed by atoms with Crippen LogP contribution in [0.4, 0.5) is 0 Å². The highest BCUT2D eigenvalue weighted by Crippen LogP contribution is 2.26. The van der Waals surface area contributed by atoms with E-state index in [-0.39, 0.29) is 0 Å². The van der Waals surface area contributed by atoms with Crippen LogP contribution in [-0.4, -0.2) is 0 Å². The van der Waals surface area contributed by atoms with Crippen molar-refractivity contribution in [3.63, 3.8) is 0 Å². The topological polar surface area (TPSA) is 25.2 Å². The van der Waals surface area contributed by atoms with E-state index >= 15 is 0 Å². The van der Waals surface area contributed by atoms with Crippen LogP contribution in [-0.2, 0) is 6.54 Å². The predicted octanol–water partition coefficient (Wildman–Crippen LogP) is 3.81. The molecule has 1 atom stereocenters. The van der Waals surface area contributed by atoms with Gasteiger partial charge in [-0.05, 0) is 44.5 Å². The molecule has 86 valence electrons. The van der Waals surface area contributed by atoms with Crippen LogP contribution in [0, 0.1) is 13.8 Å². The van der Waals surface area contributed by atoms with Gasteiger partial charge in [0, 0.05) is 15.8 Å². The molecule has 0 aliphatic carbocycles. The average molecular weight is 235 g/mol. The Bertz CT molecular complexity index is 444. The molecule has 1 N–H and O–H groups in total. The molecular weight excluding hydrogens is 218 g/mol. The monoisotopic (exact) mass is 235 g/mol. The van der Waals surface area contributed by atoms with E-state index in [4.69, 9.17) is 4.42 Å². The molecule has 2 heterocycles. The highest BCUT2D eigenvalue weighted by atomic mass is 32.1. The average Bonchev–Trinajstić information content (AvgIpc) is 2.84. The summed E-state index contributed by atoms with van der Waals surface area (Å²) in [5.41, 5.74) is 1.40. The van der Waals surface area contributed by atoms with Crippen molar-refractivity contribution in [3.8, 4) is 0 Å². The Labute approximate surface area is 100 Å². The first-order chi connectivity index (χ1) is 7.66. The smallest absolute Gasteiger partial charge is 0.117 e. The van der Waals surface area contributed by atoms with Crippen molar-refractivity contribution in [2.45, 2.75) is 33.4 Å². The third-order valence-electron chi connectivity index (χ3n) is 2.71. The summed E-state index contributed by atoms with van der Waals surface area (Å²) in [5, 5.41) is 3.47. The van der Waals surface area contributed by atoms with Gasteiger partial charge in [-0.1, -0.05) is 0 Å². The van der Waals surface area contributed by atoms with Crippen LogP contribution >= 0.6 is 11.3 Å². The number of aryl methyl sites for hydroxylation is 2. The lowest BCUT2D eigenvalue weighted by molar-refractivity contribution is 0.460. The molecule has 0 radical (unpaired) electrons. The van der Waals surface area contributed by atoms with E-state index in [1.165, 1.54) is 15.3 Å². The van der Waals surface area contributed by atoms with Crippen molar-refractivity contribution >= 4 is 11.3 Å². The molecule has 3 heteroatoms. The van der Waals surface area contributed by atoms with Crippen molar-refractivity contribution in [3.05, 3.63) is 45.5 Å². The third kappa shape index (κ3) is 2.54. The van der Waals surface area contributed by atoms with Gasteiger partial charge in [0.25, 0.3) is 0 Å². The molecule has 16 heavy (non-hydrogen) atoms. The zero-order valence-corrected chi connectivity index (χ0v) is 10.7. The van der Waals surface area contributed by atoms with Gasteiger partial charge in [0.2, 0.25) is 0 Å². The van der Waals surface area contributed by atoms with Crippen LogP contribution in [0.25, 0.3) is 0 Å². The summed E-state index contributed by atoms with van der Waals surface area (Å²) in [7, 11) is 0. The highest BCUT2D eigenvalue weighted by Gasteiger charge is 2.10. The van der Waals surface area contributed by atoms with Crippen LogP contribution < -0.4 is 5.32 Å². The first-order valence-electron chi connectivity index (χ1n) is 5.49. The third-order valence-corrected chi connectivity index (χ3v) is 3.69. The minimum atomic E-state index is 0.370. The molecule has 2 aromatic heterocycles. The molecule has 0 aliphatic heterocycles. The zero-order chi connectivity index (χ0) is 11.5. The largest absolute Gasteiger partial charge is 0.468 e. The number of hydrogen-bond acceptors (Lipinski definition) is 3. The summed E-state index contributed by atoms with van der Waals surface area (Å²) < 4.78 is 5.30. The van der Waals surface area contributed by atoms with Crippen molar-refractivity contribution in [2.75, 3.05) is 0 Å². The number of nitrogens with one attached hydrogen (secondary N) is 1. The molecule has 0 fully saturated rings. The van der Waals surface area contributed by atoms with Gasteiger partial charge in [0.05, 0.1) is 12.8 Å². The lowest BCUT2D eigenvalue weighted by Crippen LogP contribution is -2.17. The Morgan fingerprint density at radius 3 is 2.81 bits per heavy atom. The quantitative estimate of drug-likeness (QED) is 0.871. The second-order valence-corrected chi connectivity index (χ2v) is 5.51. The number of hydrogen-bond donors (Lipinski definition) is 1. The van der Waals surface area contributed by atoms with Gasteiger partial charge in [-0.2, -0.15) is 0 Å². The fourth-order valence-corrected chi connectivity index (χ4v) is 2.88. The maximum atomic E-state index is 5.30. The molecule has 0 aliphatic rings. The van der Waals surface area contributed by atoms with Crippen molar-refractivity contribution in [1.82, 2.24) is 5.32 Å². The fourth-order valence-electron chi connectivity index (χ4n) is 1.86. The van der Waals surface area contributed by atoms with Crippen LogP contribution in [0.3, 0.4) is 0 Å². The molecule has 0 bridgehead atoms. The number of thiophene rings is 1. The van der Waals surface area contributed by atoms with Crippen LogP contribution in [0.2, 0.25) is 0 Å². The van der Waals surface area contributed by atoms with Gasteiger partial charge in [-0.25, -0.2) is 0 Å². The Morgan fingerprint density at radius 1 is 1.44 bits per heavy atom. The molecule has 0 saturated heterocycles. The highest BCUT2D eigenvalue weighted by molar-refractivity contribution is 7.12. The van der Waals surface area contributed by atoms with Crippen molar-refractivity contribution in [1.29, 1.82) is 0 Å². The van der Waals surface area contributed by atoms with Gasteiger partial charge in [-0.3, -0.25) is 0 Å². The van der Waals surface area contributed by atoms with Crippen molar-refractivity contribution in [2.24, 2.45) is 0 Å². The molecule has 2 aromatic rings. The number of furan rings is 1. The minimum absolute atomic E-state index is 0.370. The molecule has 0 saturated carbocycles. The van der Waals surface area contributed by atoms with Gasteiger partial charge in [-0.15, -0.1) is 11.3 Å². The van der Waals surface area contributed by atoms with Crippen LogP contribution in [0.5, 0.6) is 0 Å². The molecule has 0 unspecified atom stereocenters. The maximum absolute atomic E-state index is 5.30. The van der Waals surface area contributed by atoms with E-state index in [1.807, 2.05) is 23.5 Å². The molecule has 2 rings (SSSR count). The Morgan fingerprint density at radius 2 is 2.25 bits per heavy atom. The lowest BCUT2D eigenvalue weighted by atomic mass is 10.1. The molecular formula is C13H17NOS. The second kappa shape index (κ2) is 4.85. The molecule has 0 aromatic carbocycles. The van der Waals surface area contributed by atoms with Crippen LogP contribution in [0.15, 0.2) is 28.9 Å². The van der Waals surface area contributed by atoms with E-state index < -0.39 is 0 Å². The Hall–Kier alpha value is -1.06. The first-order valence-corrected chi connectivity index (χ1v) is 6.31. The number of rotatable bonds is 4.